The van der Waals surface area contributed by atoms with Gasteiger partial charge in [-0.05, 0) is 60.0 Å². The summed E-state index contributed by atoms with van der Waals surface area (Å²) in [6.45, 7) is 5.77. The first kappa shape index (κ1) is 25.7. The summed E-state index contributed by atoms with van der Waals surface area (Å²) in [7, 11) is 1.65. The van der Waals surface area contributed by atoms with Crippen molar-refractivity contribution < 1.29 is 4.74 Å². The van der Waals surface area contributed by atoms with Crippen LogP contribution in [0.3, 0.4) is 0 Å². The third-order valence-electron chi connectivity index (χ3n) is 8.59. The Morgan fingerprint density at radius 3 is 2.49 bits per heavy atom. The highest BCUT2D eigenvalue weighted by molar-refractivity contribution is 5.80. The molecule has 9 nitrogen and oxygen atoms in total. The summed E-state index contributed by atoms with van der Waals surface area (Å²) < 4.78 is 7.34. The highest BCUT2D eigenvalue weighted by Crippen LogP contribution is 2.32. The van der Waals surface area contributed by atoms with Gasteiger partial charge in [0.2, 0.25) is 0 Å². The minimum Gasteiger partial charge on any atom is -0.497 e. The fourth-order valence-electron chi connectivity index (χ4n) is 6.37. The molecule has 6 rings (SSSR count). The van der Waals surface area contributed by atoms with Gasteiger partial charge in [0, 0.05) is 48.7 Å². The van der Waals surface area contributed by atoms with E-state index < -0.39 is 0 Å². The second-order valence-corrected chi connectivity index (χ2v) is 10.8. The van der Waals surface area contributed by atoms with E-state index in [4.69, 9.17) is 4.74 Å². The van der Waals surface area contributed by atoms with Crippen LogP contribution in [0.5, 0.6) is 5.75 Å². The average Bonchev–Trinajstić information content (AvgIpc) is 3.47. The number of nitrogens with one attached hydrogen (secondary N) is 1. The number of aromatic amines is 1. The van der Waals surface area contributed by atoms with Gasteiger partial charge in [-0.1, -0.05) is 49.6 Å². The van der Waals surface area contributed by atoms with E-state index in [1.165, 1.54) is 32.1 Å². The van der Waals surface area contributed by atoms with Crippen LogP contribution in [-0.4, -0.2) is 74.3 Å². The molecular weight excluding hydrogens is 490 g/mol. The third-order valence-corrected chi connectivity index (χ3v) is 8.59. The van der Waals surface area contributed by atoms with Crippen molar-refractivity contribution in [3.63, 3.8) is 0 Å². The summed E-state index contributed by atoms with van der Waals surface area (Å²) in [6.07, 6.45) is 6.60. The lowest BCUT2D eigenvalue weighted by molar-refractivity contribution is 0.0615. The normalized spacial score (nSPS) is 19.2. The maximum absolute atomic E-state index is 13.6. The standard InChI is InChI=1S/C30H37N7O2/c1-21(22-9-5-3-6-10-22)37-29(32-33-34-37)28(36-17-15-35(16-18-36)24-11-7-4-8-12-24)26-20-23-19-25(39-2)13-14-27(23)31-30(26)38/h3,5-6,9-10,13-14,19-21,24,28H,4,7-8,11-12,15-18H2,1-2H3,(H,31,38). The zero-order valence-corrected chi connectivity index (χ0v) is 22.8. The highest BCUT2D eigenvalue weighted by Gasteiger charge is 2.35. The topological polar surface area (TPSA) is 92.2 Å². The van der Waals surface area contributed by atoms with Gasteiger partial charge in [0.1, 0.15) is 11.8 Å². The van der Waals surface area contributed by atoms with Gasteiger partial charge in [0.05, 0.1) is 13.2 Å². The first-order valence-electron chi connectivity index (χ1n) is 14.1. The number of fused-ring (bicyclic) bond motifs is 1. The number of aromatic nitrogens is 5. The minimum atomic E-state index is -0.376. The number of nitrogens with zero attached hydrogens (tertiary/aromatic N) is 6. The van der Waals surface area contributed by atoms with E-state index in [9.17, 15) is 4.79 Å². The van der Waals surface area contributed by atoms with Gasteiger partial charge in [-0.2, -0.15) is 0 Å². The SMILES string of the molecule is COc1ccc2[nH]c(=O)c(C(c3nnnn3C(C)c3ccccc3)N3CCN(C4CCCCC4)CC3)cc2c1. The lowest BCUT2D eigenvalue weighted by Gasteiger charge is -2.43. The number of methoxy groups -OCH3 is 1. The lowest BCUT2D eigenvalue weighted by Crippen LogP contribution is -2.52. The lowest BCUT2D eigenvalue weighted by atomic mass is 9.93. The smallest absolute Gasteiger partial charge is 0.253 e. The number of ether oxygens (including phenoxy) is 1. The van der Waals surface area contributed by atoms with Crippen LogP contribution in [0, 0.1) is 0 Å². The molecule has 2 unspecified atom stereocenters. The molecule has 2 fully saturated rings. The molecule has 0 spiro atoms. The second-order valence-electron chi connectivity index (χ2n) is 10.8. The average molecular weight is 528 g/mol. The molecule has 4 aromatic rings. The maximum Gasteiger partial charge on any atom is 0.253 e. The summed E-state index contributed by atoms with van der Waals surface area (Å²) in [5, 5.41) is 14.0. The number of H-pyrrole nitrogens is 1. The van der Waals surface area contributed by atoms with Crippen molar-refractivity contribution in [3.8, 4) is 5.75 Å². The van der Waals surface area contributed by atoms with E-state index in [1.54, 1.807) is 7.11 Å². The molecule has 2 aromatic heterocycles. The van der Waals surface area contributed by atoms with Crippen molar-refractivity contribution in [1.82, 2.24) is 35.0 Å². The Labute approximate surface area is 228 Å². The second kappa shape index (κ2) is 11.3. The molecule has 1 N–H and O–H groups in total. The third kappa shape index (κ3) is 5.21. The fraction of sp³-hybridized carbons (Fsp3) is 0.467. The van der Waals surface area contributed by atoms with Crippen LogP contribution in [-0.2, 0) is 0 Å². The molecule has 204 valence electrons. The van der Waals surface area contributed by atoms with E-state index in [-0.39, 0.29) is 17.6 Å². The van der Waals surface area contributed by atoms with Crippen molar-refractivity contribution in [2.24, 2.45) is 0 Å². The summed E-state index contributed by atoms with van der Waals surface area (Å²) in [5.41, 5.74) is 2.43. The Kier molecular flexibility index (Phi) is 7.43. The number of piperazine rings is 1. The van der Waals surface area contributed by atoms with E-state index in [1.807, 2.05) is 47.1 Å². The van der Waals surface area contributed by atoms with Crippen molar-refractivity contribution >= 4 is 10.9 Å². The Morgan fingerprint density at radius 1 is 0.974 bits per heavy atom. The van der Waals surface area contributed by atoms with E-state index >= 15 is 0 Å². The molecule has 9 heteroatoms. The van der Waals surface area contributed by atoms with Gasteiger partial charge in [0.25, 0.3) is 5.56 Å². The van der Waals surface area contributed by atoms with Gasteiger partial charge in [-0.25, -0.2) is 4.68 Å². The van der Waals surface area contributed by atoms with Gasteiger partial charge >= 0.3 is 0 Å². The van der Waals surface area contributed by atoms with Crippen molar-refractivity contribution in [2.75, 3.05) is 33.3 Å². The van der Waals surface area contributed by atoms with Gasteiger partial charge in [-0.3, -0.25) is 14.6 Å². The van der Waals surface area contributed by atoms with Crippen LogP contribution in [0.25, 0.3) is 10.9 Å². The van der Waals surface area contributed by atoms with Crippen LogP contribution in [0.15, 0.2) is 59.4 Å². The van der Waals surface area contributed by atoms with Gasteiger partial charge < -0.3 is 9.72 Å². The molecule has 1 saturated heterocycles. The predicted molar refractivity (Wildman–Crippen MR) is 151 cm³/mol. The Morgan fingerprint density at radius 2 is 1.74 bits per heavy atom. The largest absolute Gasteiger partial charge is 0.497 e. The monoisotopic (exact) mass is 527 g/mol. The molecule has 39 heavy (non-hydrogen) atoms. The number of pyridine rings is 1. The molecule has 2 aliphatic rings. The minimum absolute atomic E-state index is 0.0816. The predicted octanol–water partition coefficient (Wildman–Crippen LogP) is 4.17. The molecule has 1 aliphatic carbocycles. The van der Waals surface area contributed by atoms with Crippen LogP contribution >= 0.6 is 0 Å². The Bertz CT molecular complexity index is 1450. The summed E-state index contributed by atoms with van der Waals surface area (Å²) in [5.74, 6) is 1.44. The van der Waals surface area contributed by atoms with Crippen LogP contribution in [0.4, 0.5) is 0 Å². The molecule has 0 amide bonds. The van der Waals surface area contributed by atoms with Crippen molar-refractivity contribution in [2.45, 2.75) is 57.2 Å². The Hall–Kier alpha value is -3.56. The van der Waals surface area contributed by atoms with E-state index in [0.717, 1.165) is 48.4 Å². The summed E-state index contributed by atoms with van der Waals surface area (Å²) in [6, 6.07) is 18.2. The highest BCUT2D eigenvalue weighted by atomic mass is 16.5. The summed E-state index contributed by atoms with van der Waals surface area (Å²) >= 11 is 0. The molecular formula is C30H37N7O2. The molecule has 0 bridgehead atoms. The van der Waals surface area contributed by atoms with Crippen molar-refractivity contribution in [3.05, 3.63) is 81.9 Å². The number of rotatable bonds is 7. The number of benzene rings is 2. The quantitative estimate of drug-likeness (QED) is 0.386. The molecule has 1 aliphatic heterocycles. The molecule has 3 heterocycles. The van der Waals surface area contributed by atoms with Crippen LogP contribution < -0.4 is 10.3 Å². The zero-order chi connectivity index (χ0) is 26.8. The number of tetrazole rings is 1. The molecule has 0 radical (unpaired) electrons. The number of hydrogen-bond donors (Lipinski definition) is 1. The van der Waals surface area contributed by atoms with Crippen LogP contribution in [0.2, 0.25) is 0 Å². The number of hydrogen-bond acceptors (Lipinski definition) is 7. The van der Waals surface area contributed by atoms with E-state index in [2.05, 4.69) is 49.4 Å². The maximum atomic E-state index is 13.6. The fourth-order valence-corrected chi connectivity index (χ4v) is 6.37. The first-order chi connectivity index (χ1) is 19.1. The van der Waals surface area contributed by atoms with Gasteiger partial charge in [-0.15, -0.1) is 5.10 Å². The first-order valence-corrected chi connectivity index (χ1v) is 14.1. The van der Waals surface area contributed by atoms with E-state index in [0.29, 0.717) is 17.4 Å². The van der Waals surface area contributed by atoms with Gasteiger partial charge in [0.15, 0.2) is 5.82 Å². The summed E-state index contributed by atoms with van der Waals surface area (Å²) in [4.78, 5) is 21.8. The van der Waals surface area contributed by atoms with Crippen LogP contribution in [0.1, 0.15) is 68.1 Å². The molecule has 2 aromatic carbocycles. The molecule has 2 atom stereocenters. The zero-order valence-electron chi connectivity index (χ0n) is 22.8. The van der Waals surface area contributed by atoms with Crippen molar-refractivity contribution in [1.29, 1.82) is 0 Å². The Balaban J connectivity index is 1.39. The molecule has 1 saturated carbocycles.